The molecule has 0 fully saturated rings. The highest BCUT2D eigenvalue weighted by Gasteiger charge is 2.36. The molecule has 2 nitrogen and oxygen atoms in total. The lowest BCUT2D eigenvalue weighted by atomic mass is 10.1. The van der Waals surface area contributed by atoms with Crippen molar-refractivity contribution in [3.8, 4) is 0 Å². The molecule has 0 aliphatic carbocycles. The number of benzene rings is 1. The van der Waals surface area contributed by atoms with E-state index in [2.05, 4.69) is 43.1 Å². The van der Waals surface area contributed by atoms with E-state index in [1.165, 1.54) is 12.3 Å². The summed E-state index contributed by atoms with van der Waals surface area (Å²) in [7, 11) is 0. The van der Waals surface area contributed by atoms with Crippen molar-refractivity contribution in [1.29, 1.82) is 0 Å². The molecule has 0 bridgehead atoms. The number of aromatic nitrogens is 2. The predicted octanol–water partition coefficient (Wildman–Crippen LogP) is 5.26. The fourth-order valence-electron chi connectivity index (χ4n) is 1.42. The first-order valence-electron chi connectivity index (χ1n) is 4.16. The summed E-state index contributed by atoms with van der Waals surface area (Å²) < 4.78 is 39.9. The van der Waals surface area contributed by atoms with Gasteiger partial charge in [-0.15, -0.1) is 0 Å². The van der Waals surface area contributed by atoms with Crippen LogP contribution in [0.5, 0.6) is 0 Å². The summed E-state index contributed by atoms with van der Waals surface area (Å²) in [5.41, 5.74) is -0.273. The fourth-order valence-corrected chi connectivity index (χ4v) is 4.12. The van der Waals surface area contributed by atoms with Crippen molar-refractivity contribution in [1.82, 2.24) is 9.55 Å². The molecule has 1 atom stereocenters. The molecule has 0 spiro atoms. The Balaban J connectivity index is 2.82. The van der Waals surface area contributed by atoms with E-state index in [1.807, 2.05) is 0 Å². The molecular formula is C8H3BrClF3IN2P. The maximum absolute atomic E-state index is 12.8. The van der Waals surface area contributed by atoms with E-state index in [4.69, 9.17) is 11.6 Å². The zero-order valence-corrected chi connectivity index (χ0v) is 13.3. The molecule has 0 saturated carbocycles. The molecule has 1 heterocycles. The van der Waals surface area contributed by atoms with Gasteiger partial charge in [0.25, 0.3) is 0 Å². The Morgan fingerprint density at radius 2 is 2.12 bits per heavy atom. The van der Waals surface area contributed by atoms with Crippen LogP contribution in [0.2, 0.25) is 5.02 Å². The van der Waals surface area contributed by atoms with Gasteiger partial charge in [-0.3, -0.25) is 0 Å². The molecule has 0 saturated heterocycles. The molecule has 2 rings (SSSR count). The number of rotatable bonds is 1. The van der Waals surface area contributed by atoms with Crippen molar-refractivity contribution >= 4 is 66.8 Å². The summed E-state index contributed by atoms with van der Waals surface area (Å²) in [5.74, 6) is 0. The summed E-state index contributed by atoms with van der Waals surface area (Å²) in [4.78, 5) is 0. The Bertz CT molecular complexity index is 586. The second kappa shape index (κ2) is 4.83. The SMILES string of the molecule is FC(F)(F)c1c(Cl)cc2c(cnn2PI)c1Br. The van der Waals surface area contributed by atoms with Crippen LogP contribution < -0.4 is 0 Å². The minimum atomic E-state index is -4.49. The van der Waals surface area contributed by atoms with Crippen LogP contribution in [0.25, 0.3) is 10.9 Å². The van der Waals surface area contributed by atoms with Gasteiger partial charge in [-0.2, -0.15) is 18.3 Å². The second-order valence-corrected chi connectivity index (χ2v) is 6.36. The maximum atomic E-state index is 12.8. The lowest BCUT2D eigenvalue weighted by Gasteiger charge is -2.12. The smallest absolute Gasteiger partial charge is 0.237 e. The third kappa shape index (κ3) is 2.43. The van der Waals surface area contributed by atoms with Gasteiger partial charge in [-0.05, 0) is 44.0 Å². The monoisotopic (exact) mass is 456 g/mol. The number of hydrogen-bond donors (Lipinski definition) is 0. The van der Waals surface area contributed by atoms with Crippen molar-refractivity contribution in [3.05, 3.63) is 27.3 Å². The van der Waals surface area contributed by atoms with Crippen LogP contribution in [-0.4, -0.2) is 9.55 Å². The number of hydrogen-bond acceptors (Lipinski definition) is 1. The Morgan fingerprint density at radius 1 is 1.47 bits per heavy atom. The summed E-state index contributed by atoms with van der Waals surface area (Å²) in [6.45, 7) is 0. The van der Waals surface area contributed by atoms with Gasteiger partial charge in [0.2, 0.25) is 0 Å². The first-order valence-corrected chi connectivity index (χ1v) is 9.39. The van der Waals surface area contributed by atoms with E-state index in [1.54, 1.807) is 4.45 Å². The largest absolute Gasteiger partial charge is 0.418 e. The molecule has 0 aliphatic rings. The molecule has 17 heavy (non-hydrogen) atoms. The summed E-state index contributed by atoms with van der Waals surface area (Å²) in [6, 6.07) is 1.29. The molecule has 1 aromatic heterocycles. The van der Waals surface area contributed by atoms with E-state index in [9.17, 15) is 13.2 Å². The highest BCUT2D eigenvalue weighted by atomic mass is 127. The molecule has 0 aliphatic heterocycles. The van der Waals surface area contributed by atoms with Crippen LogP contribution in [0.3, 0.4) is 0 Å². The first-order chi connectivity index (χ1) is 7.86. The Morgan fingerprint density at radius 3 is 2.65 bits per heavy atom. The molecule has 0 amide bonds. The van der Waals surface area contributed by atoms with Crippen LogP contribution in [0.15, 0.2) is 16.7 Å². The zero-order chi connectivity index (χ0) is 12.8. The third-order valence-electron chi connectivity index (χ3n) is 2.13. The van der Waals surface area contributed by atoms with Crippen molar-refractivity contribution in [3.63, 3.8) is 0 Å². The van der Waals surface area contributed by atoms with Crippen molar-refractivity contribution in [2.45, 2.75) is 6.18 Å². The van der Waals surface area contributed by atoms with Gasteiger partial charge >= 0.3 is 6.18 Å². The highest BCUT2D eigenvalue weighted by molar-refractivity contribution is 14.2. The van der Waals surface area contributed by atoms with Crippen molar-refractivity contribution in [2.24, 2.45) is 0 Å². The van der Waals surface area contributed by atoms with E-state index in [-0.39, 0.29) is 9.50 Å². The predicted molar refractivity (Wildman–Crippen MR) is 75.2 cm³/mol. The Hall–Kier alpha value is 0.410. The summed E-state index contributed by atoms with van der Waals surface area (Å²) >= 11 is 10.7. The quantitative estimate of drug-likeness (QED) is 0.422. The number of halogens is 6. The lowest BCUT2D eigenvalue weighted by molar-refractivity contribution is -0.138. The summed E-state index contributed by atoms with van der Waals surface area (Å²) in [6.07, 6.45) is -2.79. The zero-order valence-electron chi connectivity index (χ0n) is 7.82. The molecule has 1 aromatic carbocycles. The van der Waals surface area contributed by atoms with E-state index >= 15 is 0 Å². The average Bonchev–Trinajstić information content (AvgIpc) is 2.58. The number of alkyl halides is 3. The number of nitrogens with zero attached hydrogens (tertiary/aromatic N) is 2. The van der Waals surface area contributed by atoms with Crippen molar-refractivity contribution in [2.75, 3.05) is 0 Å². The van der Waals surface area contributed by atoms with Gasteiger partial charge < -0.3 is 0 Å². The van der Waals surface area contributed by atoms with E-state index in [0.29, 0.717) is 17.3 Å². The van der Waals surface area contributed by atoms with Gasteiger partial charge in [0.15, 0.2) is 0 Å². The Labute approximate surface area is 122 Å². The molecule has 0 N–H and O–H groups in total. The first kappa shape index (κ1) is 13.8. The fraction of sp³-hybridized carbons (Fsp3) is 0.125. The molecule has 1 unspecified atom stereocenters. The molecular weight excluding hydrogens is 454 g/mol. The van der Waals surface area contributed by atoms with Gasteiger partial charge in [0.1, 0.15) is 0 Å². The minimum Gasteiger partial charge on any atom is -0.237 e. The molecule has 2 aromatic rings. The minimum absolute atomic E-state index is 0.0617. The molecule has 9 heteroatoms. The molecule has 0 radical (unpaired) electrons. The van der Waals surface area contributed by atoms with E-state index < -0.39 is 11.7 Å². The average molecular weight is 457 g/mol. The lowest BCUT2D eigenvalue weighted by Crippen LogP contribution is -2.07. The van der Waals surface area contributed by atoms with E-state index in [0.717, 1.165) is 0 Å². The van der Waals surface area contributed by atoms with Crippen LogP contribution >= 0.6 is 55.9 Å². The Kier molecular flexibility index (Phi) is 3.93. The standard InChI is InChI=1S/C8H3BrClF3IN2P/c9-7-3-2-15-16(17-14)5(3)1-4(10)6(7)8(11,12)13/h1-2,17H. The summed E-state index contributed by atoms with van der Waals surface area (Å²) in [5, 5.41) is 4.09. The van der Waals surface area contributed by atoms with Crippen LogP contribution in [0.4, 0.5) is 13.2 Å². The highest BCUT2D eigenvalue weighted by Crippen LogP contribution is 2.44. The van der Waals surface area contributed by atoms with Gasteiger partial charge in [0, 0.05) is 9.86 Å². The van der Waals surface area contributed by atoms with Crippen LogP contribution in [0.1, 0.15) is 5.56 Å². The maximum Gasteiger partial charge on any atom is 0.418 e. The number of fused-ring (bicyclic) bond motifs is 1. The van der Waals surface area contributed by atoms with Crippen LogP contribution in [-0.2, 0) is 6.18 Å². The van der Waals surface area contributed by atoms with Gasteiger partial charge in [0.05, 0.1) is 28.7 Å². The van der Waals surface area contributed by atoms with Gasteiger partial charge in [-0.25, -0.2) is 4.45 Å². The van der Waals surface area contributed by atoms with Crippen LogP contribution in [0, 0.1) is 0 Å². The molecule has 92 valence electrons. The third-order valence-corrected chi connectivity index (χ3v) is 5.14. The van der Waals surface area contributed by atoms with Gasteiger partial charge in [-0.1, -0.05) is 11.6 Å². The topological polar surface area (TPSA) is 17.8 Å². The second-order valence-electron chi connectivity index (χ2n) is 3.12. The normalized spacial score (nSPS) is 13.1. The van der Waals surface area contributed by atoms with Crippen molar-refractivity contribution < 1.29 is 13.2 Å².